The Kier molecular flexibility index (Phi) is 3.64. The summed E-state index contributed by atoms with van der Waals surface area (Å²) in [5.41, 5.74) is 1.51. The van der Waals surface area contributed by atoms with E-state index >= 15 is 0 Å². The molecule has 0 radical (unpaired) electrons. The van der Waals surface area contributed by atoms with E-state index < -0.39 is 0 Å². The number of hydrogen-bond donors (Lipinski definition) is 1. The summed E-state index contributed by atoms with van der Waals surface area (Å²) in [6.45, 7) is 6.55. The minimum atomic E-state index is 0.0755. The monoisotopic (exact) mass is 315 g/mol. The molecule has 0 aliphatic heterocycles. The zero-order valence-electron chi connectivity index (χ0n) is 10.5. The molecule has 2 rings (SSSR count). The van der Waals surface area contributed by atoms with E-state index in [1.54, 1.807) is 0 Å². The topological polar surface area (TPSA) is 29.1 Å². The standard InChI is InChI=1S/C13H18BrNOS/c1-8-6-10(17-11(8)14)12(16)15-9-4-5-13(2,3)7-9/h6,9H,4-5,7H2,1-3H3,(H,15,16). The van der Waals surface area contributed by atoms with Crippen LogP contribution in [-0.2, 0) is 0 Å². The van der Waals surface area contributed by atoms with Crippen LogP contribution in [0.4, 0.5) is 0 Å². The van der Waals surface area contributed by atoms with Gasteiger partial charge in [-0.2, -0.15) is 0 Å². The highest BCUT2D eigenvalue weighted by atomic mass is 79.9. The van der Waals surface area contributed by atoms with Crippen molar-refractivity contribution in [2.75, 3.05) is 0 Å². The lowest BCUT2D eigenvalue weighted by atomic mass is 9.92. The Bertz CT molecular complexity index is 419. The Morgan fingerprint density at radius 2 is 2.29 bits per heavy atom. The van der Waals surface area contributed by atoms with E-state index in [2.05, 4.69) is 35.1 Å². The van der Waals surface area contributed by atoms with Gasteiger partial charge in [-0.3, -0.25) is 4.79 Å². The lowest BCUT2D eigenvalue weighted by Gasteiger charge is -2.17. The Morgan fingerprint density at radius 1 is 1.59 bits per heavy atom. The average molecular weight is 316 g/mol. The minimum absolute atomic E-state index is 0.0755. The van der Waals surface area contributed by atoms with Crippen LogP contribution in [-0.4, -0.2) is 11.9 Å². The molecule has 1 N–H and O–H groups in total. The Morgan fingerprint density at radius 3 is 2.76 bits per heavy atom. The van der Waals surface area contributed by atoms with Gasteiger partial charge in [0.25, 0.3) is 5.91 Å². The molecule has 1 aliphatic rings. The highest BCUT2D eigenvalue weighted by molar-refractivity contribution is 9.11. The van der Waals surface area contributed by atoms with Crippen LogP contribution in [0.15, 0.2) is 9.85 Å². The van der Waals surface area contributed by atoms with Gasteiger partial charge in [0.1, 0.15) is 0 Å². The van der Waals surface area contributed by atoms with Gasteiger partial charge in [0, 0.05) is 6.04 Å². The van der Waals surface area contributed by atoms with Gasteiger partial charge in [-0.05, 0) is 59.2 Å². The number of amides is 1. The molecule has 1 atom stereocenters. The summed E-state index contributed by atoms with van der Waals surface area (Å²) in [6.07, 6.45) is 3.39. The van der Waals surface area contributed by atoms with E-state index in [-0.39, 0.29) is 5.91 Å². The summed E-state index contributed by atoms with van der Waals surface area (Å²) in [5.74, 6) is 0.0755. The third-order valence-electron chi connectivity index (χ3n) is 3.38. The molecule has 1 aromatic rings. The van der Waals surface area contributed by atoms with Crippen LogP contribution in [0.3, 0.4) is 0 Å². The molecule has 4 heteroatoms. The molecule has 1 heterocycles. The molecule has 0 saturated heterocycles. The average Bonchev–Trinajstić information content (AvgIpc) is 2.71. The second kappa shape index (κ2) is 4.73. The molecular weight excluding hydrogens is 298 g/mol. The number of halogens is 1. The maximum absolute atomic E-state index is 12.1. The maximum Gasteiger partial charge on any atom is 0.261 e. The number of nitrogens with one attached hydrogen (secondary N) is 1. The lowest BCUT2D eigenvalue weighted by Crippen LogP contribution is -2.32. The number of thiophene rings is 1. The second-order valence-electron chi connectivity index (χ2n) is 5.64. The predicted molar refractivity (Wildman–Crippen MR) is 75.6 cm³/mol. The van der Waals surface area contributed by atoms with Crippen molar-refractivity contribution in [2.24, 2.45) is 5.41 Å². The molecule has 0 aromatic carbocycles. The van der Waals surface area contributed by atoms with Crippen LogP contribution in [0.5, 0.6) is 0 Å². The molecule has 1 saturated carbocycles. The molecule has 2 nitrogen and oxygen atoms in total. The predicted octanol–water partition coefficient (Wildman–Crippen LogP) is 4.13. The van der Waals surface area contributed by atoms with Crippen LogP contribution in [0, 0.1) is 12.3 Å². The van der Waals surface area contributed by atoms with Gasteiger partial charge < -0.3 is 5.32 Å². The summed E-state index contributed by atoms with van der Waals surface area (Å²) in [6, 6.07) is 2.29. The van der Waals surface area contributed by atoms with Crippen molar-refractivity contribution >= 4 is 33.2 Å². The first-order valence-electron chi connectivity index (χ1n) is 5.94. The van der Waals surface area contributed by atoms with Crippen molar-refractivity contribution in [1.29, 1.82) is 0 Å². The fraction of sp³-hybridized carbons (Fsp3) is 0.615. The minimum Gasteiger partial charge on any atom is -0.349 e. The fourth-order valence-electron chi connectivity index (χ4n) is 2.39. The molecule has 1 fully saturated rings. The summed E-state index contributed by atoms with van der Waals surface area (Å²) in [7, 11) is 0. The van der Waals surface area contributed by atoms with Crippen LogP contribution < -0.4 is 5.32 Å². The normalized spacial score (nSPS) is 22.7. The third-order valence-corrected chi connectivity index (χ3v) is 5.52. The Hall–Kier alpha value is -0.350. The molecule has 1 amide bonds. The van der Waals surface area contributed by atoms with Gasteiger partial charge >= 0.3 is 0 Å². The van der Waals surface area contributed by atoms with Crippen molar-refractivity contribution < 1.29 is 4.79 Å². The lowest BCUT2D eigenvalue weighted by molar-refractivity contribution is 0.0940. The molecule has 94 valence electrons. The van der Waals surface area contributed by atoms with Crippen molar-refractivity contribution in [1.82, 2.24) is 5.32 Å². The first-order valence-corrected chi connectivity index (χ1v) is 7.55. The Labute approximate surface area is 115 Å². The molecule has 1 aliphatic carbocycles. The van der Waals surface area contributed by atoms with Gasteiger partial charge in [-0.25, -0.2) is 0 Å². The number of carbonyl (C=O) groups excluding carboxylic acids is 1. The quantitative estimate of drug-likeness (QED) is 0.873. The summed E-state index contributed by atoms with van der Waals surface area (Å²) in [4.78, 5) is 12.9. The number of hydrogen-bond acceptors (Lipinski definition) is 2. The summed E-state index contributed by atoms with van der Waals surface area (Å²) >= 11 is 4.96. The van der Waals surface area contributed by atoms with Gasteiger partial charge in [0.05, 0.1) is 8.66 Å². The van der Waals surface area contributed by atoms with Crippen LogP contribution in [0.1, 0.15) is 48.3 Å². The van der Waals surface area contributed by atoms with E-state index in [0.717, 1.165) is 27.1 Å². The van der Waals surface area contributed by atoms with E-state index in [1.807, 2.05) is 13.0 Å². The highest BCUT2D eigenvalue weighted by Crippen LogP contribution is 2.37. The molecular formula is C13H18BrNOS. The second-order valence-corrected chi connectivity index (χ2v) is 8.01. The molecule has 1 unspecified atom stereocenters. The zero-order valence-corrected chi connectivity index (χ0v) is 12.9. The Balaban J connectivity index is 1.98. The van der Waals surface area contributed by atoms with Crippen molar-refractivity contribution in [3.05, 3.63) is 20.3 Å². The molecule has 0 bridgehead atoms. The van der Waals surface area contributed by atoms with E-state index in [0.29, 0.717) is 11.5 Å². The van der Waals surface area contributed by atoms with Crippen molar-refractivity contribution in [3.63, 3.8) is 0 Å². The highest BCUT2D eigenvalue weighted by Gasteiger charge is 2.31. The van der Waals surface area contributed by atoms with E-state index in [9.17, 15) is 4.79 Å². The number of rotatable bonds is 2. The van der Waals surface area contributed by atoms with Crippen molar-refractivity contribution in [3.8, 4) is 0 Å². The SMILES string of the molecule is Cc1cc(C(=O)NC2CCC(C)(C)C2)sc1Br. The smallest absolute Gasteiger partial charge is 0.261 e. The number of aryl methyl sites for hydroxylation is 1. The van der Waals surface area contributed by atoms with Crippen LogP contribution >= 0.6 is 27.3 Å². The van der Waals surface area contributed by atoms with Crippen LogP contribution in [0.2, 0.25) is 0 Å². The van der Waals surface area contributed by atoms with Gasteiger partial charge in [-0.15, -0.1) is 11.3 Å². The first kappa shape index (κ1) is 13.1. The first-order chi connectivity index (χ1) is 7.87. The summed E-state index contributed by atoms with van der Waals surface area (Å²) < 4.78 is 1.05. The van der Waals surface area contributed by atoms with Gasteiger partial charge in [0.15, 0.2) is 0 Å². The zero-order chi connectivity index (χ0) is 12.6. The largest absolute Gasteiger partial charge is 0.349 e. The van der Waals surface area contributed by atoms with Crippen LogP contribution in [0.25, 0.3) is 0 Å². The van der Waals surface area contributed by atoms with Crippen molar-refractivity contribution in [2.45, 2.75) is 46.1 Å². The number of carbonyl (C=O) groups is 1. The summed E-state index contributed by atoms with van der Waals surface area (Å²) in [5, 5.41) is 3.14. The fourth-order valence-corrected chi connectivity index (χ4v) is 3.83. The maximum atomic E-state index is 12.1. The van der Waals surface area contributed by atoms with E-state index in [1.165, 1.54) is 17.8 Å². The molecule has 0 spiro atoms. The third kappa shape index (κ3) is 3.10. The van der Waals surface area contributed by atoms with Gasteiger partial charge in [0.2, 0.25) is 0 Å². The van der Waals surface area contributed by atoms with Gasteiger partial charge in [-0.1, -0.05) is 13.8 Å². The molecule has 17 heavy (non-hydrogen) atoms. The molecule has 1 aromatic heterocycles. The van der Waals surface area contributed by atoms with E-state index in [4.69, 9.17) is 0 Å².